The number of likely N-dealkylation sites (N-methyl/N-ethyl adjacent to an activating group) is 1. The van der Waals surface area contributed by atoms with Gasteiger partial charge in [-0.2, -0.15) is 21.6 Å². The maximum absolute atomic E-state index is 13.1. The van der Waals surface area contributed by atoms with Crippen LogP contribution in [0.25, 0.3) is 0 Å². The fourth-order valence-corrected chi connectivity index (χ4v) is 7.76. The summed E-state index contributed by atoms with van der Waals surface area (Å²) in [4.78, 5) is 2.33. The minimum Gasteiger partial charge on any atom is -0.482 e. The van der Waals surface area contributed by atoms with Crippen molar-refractivity contribution < 1.29 is 34.9 Å². The quantitative estimate of drug-likeness (QED) is 0.242. The van der Waals surface area contributed by atoms with Crippen molar-refractivity contribution in [1.82, 2.24) is 4.90 Å². The molecule has 1 spiro atoms. The highest BCUT2D eigenvalue weighted by molar-refractivity contribution is 7.88. The number of alkyl halides is 3. The highest BCUT2D eigenvalue weighted by Crippen LogP contribution is 2.63. The first kappa shape index (κ1) is 25.1. The molecule has 2 heterocycles. The monoisotopic (exact) mass is 531 g/mol. The number of hydrogen-bond acceptors (Lipinski definition) is 6. The average molecular weight is 532 g/mol. The topological polar surface area (TPSA) is 65.1 Å². The summed E-state index contributed by atoms with van der Waals surface area (Å²) in [6, 6.07) is 3.19. The predicted molar refractivity (Wildman–Crippen MR) is 128 cm³/mol. The Balaban J connectivity index is 1.64. The number of nitrogens with zero attached hydrogens (tertiary/aromatic N) is 1. The number of halogens is 3. The van der Waals surface area contributed by atoms with Gasteiger partial charge in [0.15, 0.2) is 19.8 Å². The molecule has 5 atom stereocenters. The Morgan fingerprint density at radius 2 is 1.86 bits per heavy atom. The van der Waals surface area contributed by atoms with Crippen LogP contribution in [0.15, 0.2) is 24.3 Å². The second kappa shape index (κ2) is 7.49. The maximum Gasteiger partial charge on any atom is 0.534 e. The van der Waals surface area contributed by atoms with Crippen LogP contribution in [0.4, 0.5) is 13.2 Å². The van der Waals surface area contributed by atoms with Gasteiger partial charge >= 0.3 is 15.6 Å². The Morgan fingerprint density at radius 1 is 1.17 bits per heavy atom. The third-order valence-corrected chi connectivity index (χ3v) is 14.3. The summed E-state index contributed by atoms with van der Waals surface area (Å²) in [7, 11) is -5.97. The van der Waals surface area contributed by atoms with Crippen molar-refractivity contribution in [2.75, 3.05) is 13.6 Å². The summed E-state index contributed by atoms with van der Waals surface area (Å²) in [5, 5.41) is -0.0527. The molecule has 4 aliphatic rings. The van der Waals surface area contributed by atoms with E-state index in [0.29, 0.717) is 6.42 Å². The van der Waals surface area contributed by atoms with E-state index >= 15 is 0 Å². The Hall–Kier alpha value is -1.56. The zero-order valence-corrected chi connectivity index (χ0v) is 22.6. The third-order valence-electron chi connectivity index (χ3n) is 8.83. The summed E-state index contributed by atoms with van der Waals surface area (Å²) in [5.74, 6) is -0.221. The van der Waals surface area contributed by atoms with Crippen LogP contribution in [-0.2, 0) is 26.4 Å². The molecular formula is C24H32F3NO5SSi. The highest BCUT2D eigenvalue weighted by Gasteiger charge is 2.65. The molecule has 11 heteroatoms. The number of likely N-dealkylation sites (tertiary alicyclic amines) is 1. The second-order valence-electron chi connectivity index (χ2n) is 11.7. The van der Waals surface area contributed by atoms with E-state index in [1.165, 1.54) is 6.07 Å². The summed E-state index contributed by atoms with van der Waals surface area (Å²) < 4.78 is 81.0. The van der Waals surface area contributed by atoms with Crippen LogP contribution in [0.2, 0.25) is 18.1 Å². The molecule has 1 aromatic rings. The average Bonchev–Trinajstić information content (AvgIpc) is 3.06. The Bertz CT molecular complexity index is 1190. The van der Waals surface area contributed by atoms with Gasteiger partial charge in [0, 0.05) is 22.9 Å². The van der Waals surface area contributed by atoms with E-state index in [4.69, 9.17) is 9.16 Å². The maximum atomic E-state index is 13.1. The first-order valence-electron chi connectivity index (χ1n) is 11.9. The van der Waals surface area contributed by atoms with Gasteiger partial charge in [0.2, 0.25) is 0 Å². The van der Waals surface area contributed by atoms with Crippen LogP contribution in [-0.4, -0.2) is 59.0 Å². The van der Waals surface area contributed by atoms with Crippen molar-refractivity contribution in [3.63, 3.8) is 0 Å². The highest BCUT2D eigenvalue weighted by atomic mass is 32.2. The Kier molecular flexibility index (Phi) is 5.37. The second-order valence-corrected chi connectivity index (χ2v) is 18.0. The van der Waals surface area contributed by atoms with Crippen LogP contribution >= 0.6 is 0 Å². The molecular weight excluding hydrogens is 499 g/mol. The zero-order valence-electron chi connectivity index (χ0n) is 20.8. The fourth-order valence-electron chi connectivity index (χ4n) is 6.06. The normalized spacial score (nSPS) is 32.3. The molecule has 0 radical (unpaired) electrons. The molecule has 6 nitrogen and oxygen atoms in total. The Labute approximate surface area is 205 Å². The van der Waals surface area contributed by atoms with Gasteiger partial charge < -0.3 is 18.2 Å². The van der Waals surface area contributed by atoms with Crippen molar-refractivity contribution in [3.8, 4) is 11.5 Å². The predicted octanol–water partition coefficient (Wildman–Crippen LogP) is 4.75. The standard InChI is InChI=1S/C24H32F3NO5SSi/c1-22(2,3)35(5,6)33-18-10-8-15-16-13-14-7-9-17(32-34(29,30)24(25,26)27)20-19(14)23(15,21(18)31-20)11-12-28(16)4/h7-10,15-16,18,21H,11-13H2,1-6H3/t15-,16+,18-,21-,23-/m0/s1. The number of rotatable bonds is 4. The first-order valence-corrected chi connectivity index (χ1v) is 16.2. The van der Waals surface area contributed by atoms with Crippen molar-refractivity contribution in [3.05, 3.63) is 35.4 Å². The van der Waals surface area contributed by atoms with Gasteiger partial charge in [-0.15, -0.1) is 0 Å². The van der Waals surface area contributed by atoms with Gasteiger partial charge in [-0.3, -0.25) is 0 Å². The molecule has 194 valence electrons. The van der Waals surface area contributed by atoms with E-state index in [-0.39, 0.29) is 22.7 Å². The van der Waals surface area contributed by atoms with Crippen LogP contribution in [0.5, 0.6) is 11.5 Å². The van der Waals surface area contributed by atoms with Gasteiger partial charge in [-0.25, -0.2) is 0 Å². The van der Waals surface area contributed by atoms with Crippen molar-refractivity contribution >= 4 is 18.4 Å². The molecule has 2 aliphatic carbocycles. The molecule has 35 heavy (non-hydrogen) atoms. The molecule has 0 amide bonds. The van der Waals surface area contributed by atoms with Crippen molar-refractivity contribution in [2.24, 2.45) is 5.92 Å². The summed E-state index contributed by atoms with van der Waals surface area (Å²) >= 11 is 0. The van der Waals surface area contributed by atoms with Gasteiger partial charge in [0.05, 0.1) is 0 Å². The molecule has 2 bridgehead atoms. The summed E-state index contributed by atoms with van der Waals surface area (Å²) in [6.07, 6.45) is 4.79. The number of piperidine rings is 1. The summed E-state index contributed by atoms with van der Waals surface area (Å²) in [6.45, 7) is 11.5. The van der Waals surface area contributed by atoms with E-state index < -0.39 is 47.3 Å². The zero-order chi connectivity index (χ0) is 25.8. The number of benzene rings is 1. The Morgan fingerprint density at radius 3 is 2.49 bits per heavy atom. The minimum atomic E-state index is -5.84. The van der Waals surface area contributed by atoms with E-state index in [0.717, 1.165) is 24.1 Å². The van der Waals surface area contributed by atoms with Crippen molar-refractivity contribution in [1.29, 1.82) is 0 Å². The van der Waals surface area contributed by atoms with Gasteiger partial charge in [0.25, 0.3) is 0 Å². The van der Waals surface area contributed by atoms with Gasteiger partial charge in [-0.05, 0) is 56.2 Å². The summed E-state index contributed by atoms with van der Waals surface area (Å²) in [5.41, 5.74) is -4.28. The van der Waals surface area contributed by atoms with E-state index in [9.17, 15) is 21.6 Å². The van der Waals surface area contributed by atoms with E-state index in [1.54, 1.807) is 6.07 Å². The molecule has 0 saturated carbocycles. The van der Waals surface area contributed by atoms with Gasteiger partial charge in [0.1, 0.15) is 12.2 Å². The molecule has 1 fully saturated rings. The van der Waals surface area contributed by atoms with Crippen LogP contribution in [0.3, 0.4) is 0 Å². The molecule has 1 saturated heterocycles. The largest absolute Gasteiger partial charge is 0.534 e. The first-order chi connectivity index (χ1) is 16.0. The molecule has 2 aliphatic heterocycles. The third kappa shape index (κ3) is 3.52. The molecule has 0 unspecified atom stereocenters. The van der Waals surface area contributed by atoms with Crippen LogP contribution in [0.1, 0.15) is 38.3 Å². The molecule has 0 aromatic heterocycles. The van der Waals surface area contributed by atoms with Gasteiger partial charge in [-0.1, -0.05) is 39.0 Å². The van der Waals surface area contributed by atoms with Crippen LogP contribution < -0.4 is 8.92 Å². The van der Waals surface area contributed by atoms with E-state index in [2.05, 4.69) is 56.1 Å². The van der Waals surface area contributed by atoms with Crippen molar-refractivity contribution in [2.45, 2.75) is 80.9 Å². The number of hydrogen-bond donors (Lipinski definition) is 0. The number of ether oxygens (including phenoxy) is 1. The fraction of sp³-hybridized carbons (Fsp3) is 0.667. The lowest BCUT2D eigenvalue weighted by atomic mass is 9.53. The lowest BCUT2D eigenvalue weighted by Gasteiger charge is -2.57. The van der Waals surface area contributed by atoms with Crippen LogP contribution in [0, 0.1) is 5.92 Å². The lowest BCUT2D eigenvalue weighted by Crippen LogP contribution is -2.66. The smallest absolute Gasteiger partial charge is 0.482 e. The SMILES string of the molecule is CN1CC[C@]23c4c5ccc(OS(=O)(=O)C(F)(F)F)c4O[C@H]2[C@@H](O[Si](C)(C)C(C)(C)C)C=C[C@H]3[C@H]1C5. The van der Waals surface area contributed by atoms with E-state index in [1.807, 2.05) is 6.08 Å². The molecule has 1 aromatic carbocycles. The molecule has 0 N–H and O–H groups in total. The minimum absolute atomic E-state index is 0.0527. The molecule has 5 rings (SSSR count). The lowest BCUT2D eigenvalue weighted by molar-refractivity contribution is -0.0504.